The molecule has 21 heavy (non-hydrogen) atoms. The maximum absolute atomic E-state index is 12.2. The second-order valence-corrected chi connectivity index (χ2v) is 4.87. The average molecular weight is 305 g/mol. The first-order chi connectivity index (χ1) is 10.1. The van der Waals surface area contributed by atoms with Crippen molar-refractivity contribution in [3.8, 4) is 5.75 Å². The third kappa shape index (κ3) is 3.97. The van der Waals surface area contributed by atoms with Crippen LogP contribution < -0.4 is 15.8 Å². The number of anilines is 1. The van der Waals surface area contributed by atoms with Gasteiger partial charge in [0.1, 0.15) is 5.75 Å². The second-order valence-electron chi connectivity index (χ2n) is 4.43. The number of hydrogen-bond acceptors (Lipinski definition) is 3. The molecular formula is C16H17ClN2O2. The van der Waals surface area contributed by atoms with Gasteiger partial charge in [0, 0.05) is 17.1 Å². The lowest BCUT2D eigenvalue weighted by Crippen LogP contribution is -2.13. The van der Waals surface area contributed by atoms with Crippen LogP contribution in [0.5, 0.6) is 5.75 Å². The van der Waals surface area contributed by atoms with Crippen molar-refractivity contribution in [2.45, 2.75) is 13.5 Å². The van der Waals surface area contributed by atoms with E-state index in [1.54, 1.807) is 30.3 Å². The van der Waals surface area contributed by atoms with Gasteiger partial charge in [-0.2, -0.15) is 0 Å². The average Bonchev–Trinajstić information content (AvgIpc) is 2.50. The molecule has 0 aliphatic carbocycles. The number of nitrogens with one attached hydrogen (secondary N) is 1. The number of carbonyl (C=O) groups excluding carboxylic acids is 1. The number of halogens is 1. The highest BCUT2D eigenvalue weighted by Crippen LogP contribution is 2.28. The van der Waals surface area contributed by atoms with Gasteiger partial charge in [-0.3, -0.25) is 4.79 Å². The van der Waals surface area contributed by atoms with Crippen LogP contribution in [-0.2, 0) is 6.54 Å². The molecule has 4 nitrogen and oxygen atoms in total. The molecule has 2 rings (SSSR count). The van der Waals surface area contributed by atoms with Crippen molar-refractivity contribution < 1.29 is 9.53 Å². The number of carbonyl (C=O) groups is 1. The van der Waals surface area contributed by atoms with Crippen molar-refractivity contribution in [1.29, 1.82) is 0 Å². The fourth-order valence-corrected chi connectivity index (χ4v) is 2.04. The fraction of sp³-hybridized carbons (Fsp3) is 0.188. The Balaban J connectivity index is 2.19. The zero-order valence-electron chi connectivity index (χ0n) is 11.7. The van der Waals surface area contributed by atoms with Gasteiger partial charge in [-0.15, -0.1) is 0 Å². The number of rotatable bonds is 5. The molecule has 2 aromatic carbocycles. The Hall–Kier alpha value is -2.04. The molecule has 2 aromatic rings. The van der Waals surface area contributed by atoms with E-state index in [1.807, 2.05) is 19.1 Å². The van der Waals surface area contributed by atoms with Crippen molar-refractivity contribution in [1.82, 2.24) is 0 Å². The lowest BCUT2D eigenvalue weighted by Gasteiger charge is -2.12. The SMILES string of the molecule is CCOc1ccc(Cl)cc1NC(=O)c1ccc(CN)cc1. The van der Waals surface area contributed by atoms with Gasteiger partial charge >= 0.3 is 0 Å². The Morgan fingerprint density at radius 3 is 2.57 bits per heavy atom. The summed E-state index contributed by atoms with van der Waals surface area (Å²) in [6, 6.07) is 12.3. The predicted molar refractivity (Wildman–Crippen MR) is 84.9 cm³/mol. The molecule has 0 heterocycles. The van der Waals surface area contributed by atoms with Crippen LogP contribution in [0, 0.1) is 0 Å². The Morgan fingerprint density at radius 2 is 1.95 bits per heavy atom. The minimum Gasteiger partial charge on any atom is -0.492 e. The van der Waals surface area contributed by atoms with Crippen LogP contribution in [0.2, 0.25) is 5.02 Å². The maximum Gasteiger partial charge on any atom is 0.255 e. The lowest BCUT2D eigenvalue weighted by molar-refractivity contribution is 0.102. The summed E-state index contributed by atoms with van der Waals surface area (Å²) in [5.74, 6) is 0.371. The van der Waals surface area contributed by atoms with Crippen molar-refractivity contribution in [3.63, 3.8) is 0 Å². The molecule has 0 aliphatic heterocycles. The minimum atomic E-state index is -0.221. The highest BCUT2D eigenvalue weighted by Gasteiger charge is 2.10. The summed E-state index contributed by atoms with van der Waals surface area (Å²) in [5.41, 5.74) is 7.62. The van der Waals surface area contributed by atoms with E-state index in [2.05, 4.69) is 5.32 Å². The number of amides is 1. The van der Waals surface area contributed by atoms with Crippen LogP contribution >= 0.6 is 11.6 Å². The number of hydrogen-bond donors (Lipinski definition) is 2. The van der Waals surface area contributed by atoms with E-state index < -0.39 is 0 Å². The van der Waals surface area contributed by atoms with Gasteiger partial charge < -0.3 is 15.8 Å². The summed E-state index contributed by atoms with van der Waals surface area (Å²) < 4.78 is 5.48. The summed E-state index contributed by atoms with van der Waals surface area (Å²) in [4.78, 5) is 12.2. The van der Waals surface area contributed by atoms with E-state index in [4.69, 9.17) is 22.1 Å². The van der Waals surface area contributed by atoms with Crippen LogP contribution in [0.3, 0.4) is 0 Å². The molecule has 0 spiro atoms. The van der Waals surface area contributed by atoms with Crippen LogP contribution in [0.4, 0.5) is 5.69 Å². The van der Waals surface area contributed by atoms with E-state index >= 15 is 0 Å². The predicted octanol–water partition coefficient (Wildman–Crippen LogP) is 3.45. The summed E-state index contributed by atoms with van der Waals surface area (Å²) in [6.07, 6.45) is 0. The third-order valence-electron chi connectivity index (χ3n) is 2.94. The summed E-state index contributed by atoms with van der Waals surface area (Å²) in [6.45, 7) is 2.84. The van der Waals surface area contributed by atoms with E-state index in [1.165, 1.54) is 0 Å². The molecule has 0 unspecified atom stereocenters. The fourth-order valence-electron chi connectivity index (χ4n) is 1.87. The largest absolute Gasteiger partial charge is 0.492 e. The van der Waals surface area contributed by atoms with Crippen molar-refractivity contribution >= 4 is 23.2 Å². The van der Waals surface area contributed by atoms with Gasteiger partial charge in [-0.05, 0) is 42.8 Å². The van der Waals surface area contributed by atoms with Gasteiger partial charge in [0.05, 0.1) is 12.3 Å². The first-order valence-electron chi connectivity index (χ1n) is 6.66. The summed E-state index contributed by atoms with van der Waals surface area (Å²) in [7, 11) is 0. The van der Waals surface area contributed by atoms with Gasteiger partial charge in [-0.25, -0.2) is 0 Å². The highest BCUT2D eigenvalue weighted by molar-refractivity contribution is 6.31. The van der Waals surface area contributed by atoms with Crippen LogP contribution in [-0.4, -0.2) is 12.5 Å². The second kappa shape index (κ2) is 7.11. The van der Waals surface area contributed by atoms with Gasteiger partial charge in [0.2, 0.25) is 0 Å². The first-order valence-corrected chi connectivity index (χ1v) is 7.04. The van der Waals surface area contributed by atoms with Gasteiger partial charge in [0.15, 0.2) is 0 Å². The number of benzene rings is 2. The molecule has 110 valence electrons. The quantitative estimate of drug-likeness (QED) is 0.889. The Bertz CT molecular complexity index is 627. The van der Waals surface area contributed by atoms with Gasteiger partial charge in [-0.1, -0.05) is 23.7 Å². The molecule has 1 amide bonds. The molecule has 0 saturated heterocycles. The topological polar surface area (TPSA) is 64.3 Å². The third-order valence-corrected chi connectivity index (χ3v) is 3.18. The van der Waals surface area contributed by atoms with Crippen molar-refractivity contribution in [2.75, 3.05) is 11.9 Å². The molecule has 5 heteroatoms. The van der Waals surface area contributed by atoms with Crippen LogP contribution in [0.15, 0.2) is 42.5 Å². The smallest absolute Gasteiger partial charge is 0.255 e. The monoisotopic (exact) mass is 304 g/mol. The van der Waals surface area contributed by atoms with E-state index in [0.717, 1.165) is 5.56 Å². The van der Waals surface area contributed by atoms with Gasteiger partial charge in [0.25, 0.3) is 5.91 Å². The van der Waals surface area contributed by atoms with E-state index in [0.29, 0.717) is 35.2 Å². The molecule has 0 bridgehead atoms. The number of ether oxygens (including phenoxy) is 1. The van der Waals surface area contributed by atoms with Crippen LogP contribution in [0.25, 0.3) is 0 Å². The standard InChI is InChI=1S/C16H17ClN2O2/c1-2-21-15-8-7-13(17)9-14(15)19-16(20)12-5-3-11(10-18)4-6-12/h3-9H,2,10,18H2,1H3,(H,19,20). The highest BCUT2D eigenvalue weighted by atomic mass is 35.5. The zero-order valence-corrected chi connectivity index (χ0v) is 12.5. The van der Waals surface area contributed by atoms with Crippen LogP contribution in [0.1, 0.15) is 22.8 Å². The van der Waals surface area contributed by atoms with Crippen molar-refractivity contribution in [2.24, 2.45) is 5.73 Å². The van der Waals surface area contributed by atoms with Crippen molar-refractivity contribution in [3.05, 3.63) is 58.6 Å². The molecule has 0 aromatic heterocycles. The molecule has 0 radical (unpaired) electrons. The molecular weight excluding hydrogens is 288 g/mol. The number of nitrogens with two attached hydrogens (primary N) is 1. The summed E-state index contributed by atoms with van der Waals surface area (Å²) >= 11 is 5.97. The normalized spacial score (nSPS) is 10.2. The zero-order chi connectivity index (χ0) is 15.2. The summed E-state index contributed by atoms with van der Waals surface area (Å²) in [5, 5.41) is 3.34. The molecule has 3 N–H and O–H groups in total. The molecule has 0 atom stereocenters. The van der Waals surface area contributed by atoms with E-state index in [9.17, 15) is 4.79 Å². The Morgan fingerprint density at radius 1 is 1.24 bits per heavy atom. The minimum absolute atomic E-state index is 0.221. The molecule has 0 saturated carbocycles. The lowest BCUT2D eigenvalue weighted by atomic mass is 10.1. The molecule has 0 aliphatic rings. The first kappa shape index (κ1) is 15.4. The van der Waals surface area contributed by atoms with E-state index in [-0.39, 0.29) is 5.91 Å². The Labute approximate surface area is 128 Å². The Kier molecular flexibility index (Phi) is 5.20. The molecule has 0 fully saturated rings. The maximum atomic E-state index is 12.2.